The van der Waals surface area contributed by atoms with Crippen LogP contribution in [0.1, 0.15) is 6.92 Å². The quantitative estimate of drug-likeness (QED) is 0.895. The lowest BCUT2D eigenvalue weighted by molar-refractivity contribution is -0.122. The van der Waals surface area contributed by atoms with Crippen LogP contribution in [0.4, 0.5) is 11.5 Å². The Bertz CT molecular complexity index is 821. The minimum absolute atomic E-state index is 0.00959. The minimum Gasteiger partial charge on any atom is -0.479 e. The van der Waals surface area contributed by atoms with E-state index in [4.69, 9.17) is 4.74 Å². The number of nitrogens with one attached hydrogen (secondary N) is 2. The van der Waals surface area contributed by atoms with Crippen LogP contribution in [0.2, 0.25) is 0 Å². The van der Waals surface area contributed by atoms with Crippen LogP contribution in [0.25, 0.3) is 0 Å². The van der Waals surface area contributed by atoms with Gasteiger partial charge in [-0.05, 0) is 37.3 Å². The number of pyridine rings is 1. The summed E-state index contributed by atoms with van der Waals surface area (Å²) in [6.45, 7) is 1.62. The Morgan fingerprint density at radius 3 is 2.82 bits per heavy atom. The summed E-state index contributed by atoms with van der Waals surface area (Å²) < 4.78 is 32.4. The van der Waals surface area contributed by atoms with Gasteiger partial charge in [0.15, 0.2) is 6.10 Å². The highest BCUT2D eigenvalue weighted by atomic mass is 32.2. The maximum Gasteiger partial charge on any atom is 0.265 e. The number of hydrogen-bond donors (Lipinski definition) is 2. The molecule has 2 N–H and O–H groups in total. The van der Waals surface area contributed by atoms with Crippen molar-refractivity contribution in [2.75, 3.05) is 10.0 Å². The van der Waals surface area contributed by atoms with Crippen LogP contribution in [-0.2, 0) is 14.8 Å². The van der Waals surface area contributed by atoms with Crippen LogP contribution in [-0.4, -0.2) is 25.4 Å². The number of hydrogen-bond acceptors (Lipinski definition) is 5. The predicted molar refractivity (Wildman–Crippen MR) is 80.2 cm³/mol. The van der Waals surface area contributed by atoms with Gasteiger partial charge in [0.05, 0.1) is 10.6 Å². The molecule has 1 aliphatic heterocycles. The van der Waals surface area contributed by atoms with Gasteiger partial charge in [-0.25, -0.2) is 13.4 Å². The van der Waals surface area contributed by atoms with Crippen molar-refractivity contribution in [2.24, 2.45) is 0 Å². The molecule has 2 aromatic rings. The number of nitrogens with zero attached hydrogens (tertiary/aromatic N) is 1. The van der Waals surface area contributed by atoms with Gasteiger partial charge in [0.2, 0.25) is 0 Å². The Hall–Kier alpha value is -2.61. The van der Waals surface area contributed by atoms with Crippen molar-refractivity contribution >= 4 is 27.4 Å². The third kappa shape index (κ3) is 2.73. The van der Waals surface area contributed by atoms with Gasteiger partial charge in [-0.15, -0.1) is 0 Å². The smallest absolute Gasteiger partial charge is 0.265 e. The third-order valence-electron chi connectivity index (χ3n) is 3.10. The molecule has 0 saturated heterocycles. The van der Waals surface area contributed by atoms with Crippen LogP contribution in [0.15, 0.2) is 47.5 Å². The molecule has 1 aromatic carbocycles. The number of benzene rings is 1. The summed E-state index contributed by atoms with van der Waals surface area (Å²) in [5, 5.41) is 2.61. The molecule has 0 spiro atoms. The van der Waals surface area contributed by atoms with Gasteiger partial charge in [0.25, 0.3) is 15.9 Å². The molecule has 1 aromatic heterocycles. The Balaban J connectivity index is 1.92. The SMILES string of the molecule is CC1Oc2ccc(S(=O)(=O)Nc3ccccn3)cc2NC1=O. The fraction of sp³-hybridized carbons (Fsp3) is 0.143. The summed E-state index contributed by atoms with van der Waals surface area (Å²) in [4.78, 5) is 15.5. The first kappa shape index (κ1) is 14.3. The molecular weight excluding hydrogens is 306 g/mol. The molecule has 0 bridgehead atoms. The van der Waals surface area contributed by atoms with E-state index in [0.29, 0.717) is 11.4 Å². The molecule has 0 saturated carbocycles. The second-order valence-electron chi connectivity index (χ2n) is 4.73. The topological polar surface area (TPSA) is 97.4 Å². The van der Waals surface area contributed by atoms with Crippen molar-refractivity contribution in [2.45, 2.75) is 17.9 Å². The first-order valence-corrected chi connectivity index (χ1v) is 7.99. The van der Waals surface area contributed by atoms with Crippen LogP contribution in [0.3, 0.4) is 0 Å². The number of carbonyl (C=O) groups excluding carboxylic acids is 1. The van der Waals surface area contributed by atoms with Crippen molar-refractivity contribution in [3.8, 4) is 5.75 Å². The Morgan fingerprint density at radius 2 is 2.09 bits per heavy atom. The number of anilines is 2. The number of carbonyl (C=O) groups is 1. The molecule has 0 fully saturated rings. The molecule has 7 nitrogen and oxygen atoms in total. The zero-order chi connectivity index (χ0) is 15.7. The average Bonchev–Trinajstić information content (AvgIpc) is 2.48. The first-order chi connectivity index (χ1) is 10.5. The van der Waals surface area contributed by atoms with Crippen LogP contribution >= 0.6 is 0 Å². The van der Waals surface area contributed by atoms with Crippen LogP contribution < -0.4 is 14.8 Å². The maximum absolute atomic E-state index is 12.3. The zero-order valence-corrected chi connectivity index (χ0v) is 12.4. The zero-order valence-electron chi connectivity index (χ0n) is 11.6. The molecule has 2 heterocycles. The molecule has 1 unspecified atom stereocenters. The number of amides is 1. The van der Waals surface area contributed by atoms with E-state index in [2.05, 4.69) is 15.0 Å². The van der Waals surface area contributed by atoms with Crippen LogP contribution in [0, 0.1) is 0 Å². The number of aromatic nitrogens is 1. The molecule has 1 aliphatic rings. The molecule has 8 heteroatoms. The van der Waals surface area contributed by atoms with E-state index in [1.165, 1.54) is 24.4 Å². The van der Waals surface area contributed by atoms with Crippen molar-refractivity contribution in [1.82, 2.24) is 4.98 Å². The first-order valence-electron chi connectivity index (χ1n) is 6.51. The largest absolute Gasteiger partial charge is 0.479 e. The lowest BCUT2D eigenvalue weighted by Crippen LogP contribution is -2.34. The molecular formula is C14H13N3O4S. The summed E-state index contributed by atoms with van der Waals surface area (Å²) >= 11 is 0. The molecule has 0 aliphatic carbocycles. The summed E-state index contributed by atoms with van der Waals surface area (Å²) in [7, 11) is -3.80. The predicted octanol–water partition coefficient (Wildman–Crippen LogP) is 1.60. The highest BCUT2D eigenvalue weighted by Gasteiger charge is 2.25. The monoisotopic (exact) mass is 319 g/mol. The van der Waals surface area contributed by atoms with Gasteiger partial charge in [-0.2, -0.15) is 0 Å². The van der Waals surface area contributed by atoms with Gasteiger partial charge < -0.3 is 10.1 Å². The summed E-state index contributed by atoms with van der Waals surface area (Å²) in [6, 6.07) is 9.18. The lowest BCUT2D eigenvalue weighted by Gasteiger charge is -2.23. The van der Waals surface area contributed by atoms with Crippen molar-refractivity contribution in [1.29, 1.82) is 0 Å². The standard InChI is InChI=1S/C14H13N3O4S/c1-9-14(18)16-11-8-10(5-6-12(11)21-9)22(19,20)17-13-4-2-3-7-15-13/h2-9H,1H3,(H,15,17)(H,16,18). The van der Waals surface area contributed by atoms with Gasteiger partial charge in [-0.1, -0.05) is 6.07 Å². The van der Waals surface area contributed by atoms with Crippen molar-refractivity contribution < 1.29 is 17.9 Å². The Kier molecular flexibility index (Phi) is 3.45. The second-order valence-corrected chi connectivity index (χ2v) is 6.41. The molecule has 0 radical (unpaired) electrons. The van der Waals surface area contributed by atoms with E-state index in [9.17, 15) is 13.2 Å². The summed E-state index contributed by atoms with van der Waals surface area (Å²) in [5.74, 6) is 0.331. The number of ether oxygens (including phenoxy) is 1. The highest BCUT2D eigenvalue weighted by Crippen LogP contribution is 2.32. The summed E-state index contributed by atoms with van der Waals surface area (Å²) in [5.41, 5.74) is 0.326. The van der Waals surface area contributed by atoms with E-state index in [1.807, 2.05) is 0 Å². The Labute approximate surface area is 127 Å². The molecule has 1 amide bonds. The molecule has 22 heavy (non-hydrogen) atoms. The highest BCUT2D eigenvalue weighted by molar-refractivity contribution is 7.92. The average molecular weight is 319 g/mol. The van der Waals surface area contributed by atoms with Gasteiger partial charge in [0.1, 0.15) is 11.6 Å². The second kappa shape index (κ2) is 5.30. The van der Waals surface area contributed by atoms with Gasteiger partial charge >= 0.3 is 0 Å². The number of rotatable bonds is 3. The fourth-order valence-corrected chi connectivity index (χ4v) is 3.01. The van der Waals surface area contributed by atoms with E-state index in [0.717, 1.165) is 0 Å². The van der Waals surface area contributed by atoms with E-state index >= 15 is 0 Å². The molecule has 3 rings (SSSR count). The minimum atomic E-state index is -3.80. The third-order valence-corrected chi connectivity index (χ3v) is 4.45. The molecule has 1 atom stereocenters. The fourth-order valence-electron chi connectivity index (χ4n) is 1.97. The summed E-state index contributed by atoms with van der Waals surface area (Å²) in [6.07, 6.45) is 0.877. The van der Waals surface area contributed by atoms with Gasteiger partial charge in [0, 0.05) is 6.20 Å². The molecule has 114 valence electrons. The number of fused-ring (bicyclic) bond motifs is 1. The van der Waals surface area contributed by atoms with Crippen molar-refractivity contribution in [3.05, 3.63) is 42.6 Å². The van der Waals surface area contributed by atoms with Crippen LogP contribution in [0.5, 0.6) is 5.75 Å². The lowest BCUT2D eigenvalue weighted by atomic mass is 10.2. The van der Waals surface area contributed by atoms with E-state index in [1.54, 1.807) is 25.1 Å². The maximum atomic E-state index is 12.3. The number of sulfonamides is 1. The van der Waals surface area contributed by atoms with E-state index < -0.39 is 16.1 Å². The van der Waals surface area contributed by atoms with E-state index in [-0.39, 0.29) is 16.6 Å². The van der Waals surface area contributed by atoms with Crippen molar-refractivity contribution in [3.63, 3.8) is 0 Å². The van der Waals surface area contributed by atoms with Gasteiger partial charge in [-0.3, -0.25) is 9.52 Å². The Morgan fingerprint density at radius 1 is 1.27 bits per heavy atom. The normalized spacial score (nSPS) is 17.1.